The predicted octanol–water partition coefficient (Wildman–Crippen LogP) is 3.30. The van der Waals surface area contributed by atoms with Crippen LogP contribution in [0.15, 0.2) is 48.4 Å². The monoisotopic (exact) mass is 377 g/mol. The largest absolute Gasteiger partial charge is 0.507 e. The quantitative estimate of drug-likeness (QED) is 0.578. The van der Waals surface area contributed by atoms with Crippen LogP contribution in [-0.4, -0.2) is 29.5 Å². The lowest BCUT2D eigenvalue weighted by Gasteiger charge is -2.16. The van der Waals surface area contributed by atoms with E-state index in [4.69, 9.17) is 4.74 Å². The van der Waals surface area contributed by atoms with Crippen LogP contribution in [-0.2, 0) is 6.54 Å². The third-order valence-electron chi connectivity index (χ3n) is 5.26. The number of phenolic OH excluding ortho intramolecular Hbond substituents is 1. The summed E-state index contributed by atoms with van der Waals surface area (Å²) in [6.07, 6.45) is 5.89. The molecule has 3 aromatic rings. The summed E-state index contributed by atoms with van der Waals surface area (Å²) >= 11 is 0. The summed E-state index contributed by atoms with van der Waals surface area (Å²) < 4.78 is 5.98. The molecule has 1 aliphatic rings. The molecule has 1 aliphatic heterocycles. The van der Waals surface area contributed by atoms with Crippen LogP contribution in [0.25, 0.3) is 17.0 Å². The van der Waals surface area contributed by atoms with Gasteiger partial charge in [0.25, 0.3) is 0 Å². The molecule has 1 atom stereocenters. The molecule has 0 saturated carbocycles. The molecule has 0 radical (unpaired) electrons. The fourth-order valence-corrected chi connectivity index (χ4v) is 3.69. The molecule has 5 heteroatoms. The highest BCUT2D eigenvalue weighted by atomic mass is 16.5. The number of rotatable bonds is 6. The van der Waals surface area contributed by atoms with E-state index in [1.807, 2.05) is 30.5 Å². The van der Waals surface area contributed by atoms with Crippen molar-refractivity contribution in [3.63, 3.8) is 0 Å². The summed E-state index contributed by atoms with van der Waals surface area (Å²) in [5.74, 6) is 0.813. The average molecular weight is 377 g/mol. The van der Waals surface area contributed by atoms with Crippen molar-refractivity contribution in [2.45, 2.75) is 26.3 Å². The van der Waals surface area contributed by atoms with Crippen molar-refractivity contribution < 1.29 is 19.5 Å². The summed E-state index contributed by atoms with van der Waals surface area (Å²) in [5, 5.41) is 11.4. The first kappa shape index (κ1) is 18.3. The zero-order valence-corrected chi connectivity index (χ0v) is 16.2. The van der Waals surface area contributed by atoms with E-state index >= 15 is 0 Å². The first-order valence-electron chi connectivity index (χ1n) is 9.75. The number of carbonyl (C=O) groups excluding carboxylic acids is 1. The number of ketones is 1. The Balaban J connectivity index is 1.67. The highest BCUT2D eigenvalue weighted by Crippen LogP contribution is 2.39. The highest BCUT2D eigenvalue weighted by molar-refractivity contribution is 6.15. The Labute approximate surface area is 164 Å². The van der Waals surface area contributed by atoms with Crippen LogP contribution in [0.2, 0.25) is 0 Å². The molecule has 1 aromatic heterocycles. The molecule has 5 nitrogen and oxygen atoms in total. The number of hydrogen-bond acceptors (Lipinski definition) is 3. The van der Waals surface area contributed by atoms with Crippen LogP contribution in [0.3, 0.4) is 0 Å². The van der Waals surface area contributed by atoms with Gasteiger partial charge in [-0.15, -0.1) is 0 Å². The number of H-pyrrole nitrogens is 1. The Morgan fingerprint density at radius 1 is 1.21 bits per heavy atom. The van der Waals surface area contributed by atoms with E-state index in [9.17, 15) is 9.90 Å². The number of quaternary nitrogens is 1. The van der Waals surface area contributed by atoms with E-state index in [-0.39, 0.29) is 17.3 Å². The van der Waals surface area contributed by atoms with E-state index in [0.717, 1.165) is 35.9 Å². The normalized spacial score (nSPS) is 15.8. The molecule has 0 bridgehead atoms. The van der Waals surface area contributed by atoms with E-state index in [1.54, 1.807) is 18.2 Å². The average Bonchev–Trinajstić information content (AvgIpc) is 3.24. The van der Waals surface area contributed by atoms with Crippen LogP contribution < -0.4 is 9.64 Å². The summed E-state index contributed by atoms with van der Waals surface area (Å²) in [5.41, 5.74) is 3.13. The Morgan fingerprint density at radius 2 is 2.04 bits per heavy atom. The number of nitrogens with one attached hydrogen (secondary N) is 2. The van der Waals surface area contributed by atoms with Crippen molar-refractivity contribution in [3.05, 3.63) is 65.0 Å². The summed E-state index contributed by atoms with van der Waals surface area (Å²) in [4.78, 5) is 17.4. The summed E-state index contributed by atoms with van der Waals surface area (Å²) in [7, 11) is 2.09. The molecule has 0 saturated heterocycles. The fourth-order valence-electron chi connectivity index (χ4n) is 3.69. The Bertz CT molecular complexity index is 1060. The van der Waals surface area contributed by atoms with Gasteiger partial charge in [0.15, 0.2) is 11.5 Å². The predicted molar refractivity (Wildman–Crippen MR) is 110 cm³/mol. The lowest BCUT2D eigenvalue weighted by Crippen LogP contribution is -3.07. The van der Waals surface area contributed by atoms with Gasteiger partial charge in [-0.1, -0.05) is 31.5 Å². The number of carbonyl (C=O) groups is 1. The maximum Gasteiger partial charge on any atom is 0.231 e. The molecule has 0 aliphatic carbocycles. The molecular weight excluding hydrogens is 352 g/mol. The van der Waals surface area contributed by atoms with Gasteiger partial charge in [0.2, 0.25) is 5.78 Å². The second-order valence-corrected chi connectivity index (χ2v) is 7.41. The minimum Gasteiger partial charge on any atom is -0.507 e. The van der Waals surface area contributed by atoms with Gasteiger partial charge in [-0.3, -0.25) is 4.79 Å². The number of benzene rings is 2. The van der Waals surface area contributed by atoms with Crippen molar-refractivity contribution in [2.75, 3.05) is 13.6 Å². The SMILES string of the molecule is CCCC[NH+](C)Cc1c(O)ccc2c1O/C(=C\c1c[nH]c3ccccc13)C2=O. The molecule has 0 amide bonds. The number of allylic oxidation sites excluding steroid dienone is 1. The highest BCUT2D eigenvalue weighted by Gasteiger charge is 2.32. The molecular formula is C23H25N2O3+. The Kier molecular flexibility index (Phi) is 4.92. The first-order valence-corrected chi connectivity index (χ1v) is 9.75. The van der Waals surface area contributed by atoms with Crippen LogP contribution >= 0.6 is 0 Å². The van der Waals surface area contributed by atoms with Crippen molar-refractivity contribution in [3.8, 4) is 11.5 Å². The standard InChI is InChI=1S/C23H24N2O3/c1-3-4-11-25(2)14-18-20(26)10-9-17-22(27)21(28-23(17)18)12-15-13-24-19-8-6-5-7-16(15)19/h5-10,12-13,24,26H,3-4,11,14H2,1-2H3/p+1/b21-12-. The number of hydrogen-bond donors (Lipinski definition) is 3. The second kappa shape index (κ2) is 7.52. The van der Waals surface area contributed by atoms with Crippen molar-refractivity contribution in [1.29, 1.82) is 0 Å². The maximum atomic E-state index is 12.9. The molecule has 1 unspecified atom stereocenters. The van der Waals surface area contributed by atoms with Gasteiger partial charge < -0.3 is 19.7 Å². The minimum atomic E-state index is -0.146. The first-order chi connectivity index (χ1) is 13.6. The number of aromatic nitrogens is 1. The number of unbranched alkanes of at least 4 members (excludes halogenated alkanes) is 1. The molecule has 28 heavy (non-hydrogen) atoms. The number of aromatic hydroxyl groups is 1. The fraction of sp³-hybridized carbons (Fsp3) is 0.261. The summed E-state index contributed by atoms with van der Waals surface area (Å²) in [6.45, 7) is 3.78. The number of para-hydroxylation sites is 1. The van der Waals surface area contributed by atoms with Gasteiger partial charge in [-0.2, -0.15) is 0 Å². The third kappa shape index (κ3) is 3.29. The molecule has 3 N–H and O–H groups in total. The van der Waals surface area contributed by atoms with Crippen LogP contribution in [0.4, 0.5) is 0 Å². The molecule has 0 spiro atoms. The van der Waals surface area contributed by atoms with Gasteiger partial charge in [0.05, 0.1) is 24.7 Å². The maximum absolute atomic E-state index is 12.9. The summed E-state index contributed by atoms with van der Waals surface area (Å²) in [6, 6.07) is 11.2. The van der Waals surface area contributed by atoms with Gasteiger partial charge >= 0.3 is 0 Å². The van der Waals surface area contributed by atoms with E-state index in [2.05, 4.69) is 19.0 Å². The van der Waals surface area contributed by atoms with Gasteiger partial charge in [0.1, 0.15) is 12.3 Å². The van der Waals surface area contributed by atoms with Gasteiger partial charge in [-0.25, -0.2) is 0 Å². The van der Waals surface area contributed by atoms with Crippen LogP contribution in [0.1, 0.15) is 41.3 Å². The topological polar surface area (TPSA) is 66.8 Å². The Hall–Kier alpha value is -3.05. The van der Waals surface area contributed by atoms with E-state index in [0.29, 0.717) is 23.4 Å². The number of phenols is 1. The number of ether oxygens (including phenoxy) is 1. The van der Waals surface area contributed by atoms with E-state index in [1.165, 1.54) is 4.90 Å². The van der Waals surface area contributed by atoms with Gasteiger partial charge in [0, 0.05) is 22.7 Å². The molecule has 144 valence electrons. The van der Waals surface area contributed by atoms with E-state index < -0.39 is 0 Å². The lowest BCUT2D eigenvalue weighted by molar-refractivity contribution is -0.894. The number of aromatic amines is 1. The molecule has 0 fully saturated rings. The third-order valence-corrected chi connectivity index (χ3v) is 5.26. The Morgan fingerprint density at radius 3 is 2.86 bits per heavy atom. The van der Waals surface area contributed by atoms with Crippen molar-refractivity contribution >= 4 is 22.8 Å². The minimum absolute atomic E-state index is 0.146. The molecule has 2 heterocycles. The lowest BCUT2D eigenvalue weighted by atomic mass is 10.0. The van der Waals surface area contributed by atoms with Crippen molar-refractivity contribution in [2.24, 2.45) is 0 Å². The molecule has 4 rings (SSSR count). The molecule has 2 aromatic carbocycles. The smallest absolute Gasteiger partial charge is 0.231 e. The van der Waals surface area contributed by atoms with Crippen LogP contribution in [0.5, 0.6) is 11.5 Å². The zero-order chi connectivity index (χ0) is 19.7. The van der Waals surface area contributed by atoms with Gasteiger partial charge in [-0.05, 0) is 30.7 Å². The van der Waals surface area contributed by atoms with Crippen LogP contribution in [0, 0.1) is 0 Å². The second-order valence-electron chi connectivity index (χ2n) is 7.41. The number of Topliss-reactive ketones (excluding diaryl/α,β-unsaturated/α-hetero) is 1. The number of fused-ring (bicyclic) bond motifs is 2. The zero-order valence-electron chi connectivity index (χ0n) is 16.2. The van der Waals surface area contributed by atoms with Crippen molar-refractivity contribution in [1.82, 2.24) is 4.98 Å².